The van der Waals surface area contributed by atoms with Crippen molar-refractivity contribution < 1.29 is 4.79 Å². The zero-order chi connectivity index (χ0) is 17.2. The average molecular weight is 374 g/mol. The zero-order valence-corrected chi connectivity index (χ0v) is 16.5. The number of benzene rings is 1. The van der Waals surface area contributed by atoms with Crippen LogP contribution in [0.3, 0.4) is 0 Å². The van der Waals surface area contributed by atoms with Gasteiger partial charge in [-0.05, 0) is 36.5 Å². The number of piperidine rings is 1. The van der Waals surface area contributed by atoms with Crippen LogP contribution in [0.4, 0.5) is 0 Å². The van der Waals surface area contributed by atoms with E-state index in [-0.39, 0.29) is 35.8 Å². The van der Waals surface area contributed by atoms with Gasteiger partial charge in [-0.1, -0.05) is 37.6 Å². The van der Waals surface area contributed by atoms with Gasteiger partial charge in [0, 0.05) is 31.2 Å². The fourth-order valence-electron chi connectivity index (χ4n) is 3.10. The molecule has 24 heavy (non-hydrogen) atoms. The van der Waals surface area contributed by atoms with E-state index in [1.807, 2.05) is 43.1 Å². The van der Waals surface area contributed by atoms with Crippen LogP contribution in [-0.4, -0.2) is 48.4 Å². The number of nitrogens with zero attached hydrogens (tertiary/aromatic N) is 2. The molecule has 136 valence electrons. The predicted octanol–water partition coefficient (Wildman–Crippen LogP) is 3.34. The van der Waals surface area contributed by atoms with Crippen LogP contribution in [0.15, 0.2) is 24.3 Å². The van der Waals surface area contributed by atoms with Crippen molar-refractivity contribution in [2.75, 3.05) is 26.7 Å². The van der Waals surface area contributed by atoms with E-state index < -0.39 is 0 Å². The lowest BCUT2D eigenvalue weighted by Gasteiger charge is -2.42. The van der Waals surface area contributed by atoms with Crippen molar-refractivity contribution in [1.29, 1.82) is 0 Å². The maximum Gasteiger partial charge on any atom is 0.236 e. The van der Waals surface area contributed by atoms with E-state index in [1.165, 1.54) is 0 Å². The smallest absolute Gasteiger partial charge is 0.236 e. The average Bonchev–Trinajstić information content (AvgIpc) is 2.50. The minimum Gasteiger partial charge on any atom is -0.338 e. The number of hydrogen-bond donors (Lipinski definition) is 1. The van der Waals surface area contributed by atoms with Crippen LogP contribution in [-0.2, 0) is 4.79 Å². The summed E-state index contributed by atoms with van der Waals surface area (Å²) in [7, 11) is 1.86. The summed E-state index contributed by atoms with van der Waals surface area (Å²) in [5.41, 5.74) is 7.31. The molecule has 0 radical (unpaired) electrons. The topological polar surface area (TPSA) is 49.6 Å². The van der Waals surface area contributed by atoms with Gasteiger partial charge in [-0.2, -0.15) is 0 Å². The summed E-state index contributed by atoms with van der Waals surface area (Å²) in [6.45, 7) is 8.59. The van der Waals surface area contributed by atoms with Crippen molar-refractivity contribution in [1.82, 2.24) is 9.80 Å². The van der Waals surface area contributed by atoms with Crippen molar-refractivity contribution >= 4 is 29.9 Å². The number of carbonyl (C=O) groups excluding carboxylic acids is 1. The van der Waals surface area contributed by atoms with Gasteiger partial charge in [0.1, 0.15) is 0 Å². The van der Waals surface area contributed by atoms with Crippen LogP contribution in [0.1, 0.15) is 38.8 Å². The maximum absolute atomic E-state index is 12.6. The first-order chi connectivity index (χ1) is 10.7. The lowest BCUT2D eigenvalue weighted by molar-refractivity contribution is -0.133. The Hall–Kier alpha value is -0.810. The molecular formula is C18H29Cl2N3O. The summed E-state index contributed by atoms with van der Waals surface area (Å²) in [5.74, 6) is 0.138. The highest BCUT2D eigenvalue weighted by atomic mass is 35.5. The maximum atomic E-state index is 12.6. The second kappa shape index (κ2) is 8.52. The Bertz CT molecular complexity index is 548. The first-order valence-corrected chi connectivity index (χ1v) is 8.57. The molecule has 1 aliphatic heterocycles. The van der Waals surface area contributed by atoms with Gasteiger partial charge < -0.3 is 10.6 Å². The van der Waals surface area contributed by atoms with Gasteiger partial charge in [0.2, 0.25) is 5.91 Å². The first-order valence-electron chi connectivity index (χ1n) is 8.20. The summed E-state index contributed by atoms with van der Waals surface area (Å²) >= 11 is 5.93. The van der Waals surface area contributed by atoms with Crippen molar-refractivity contribution in [3.63, 3.8) is 0 Å². The van der Waals surface area contributed by atoms with Gasteiger partial charge >= 0.3 is 0 Å². The van der Waals surface area contributed by atoms with Gasteiger partial charge in [0.05, 0.1) is 12.6 Å². The number of rotatable bonds is 4. The number of nitrogens with two attached hydrogens (primary N) is 1. The minimum absolute atomic E-state index is 0. The lowest BCUT2D eigenvalue weighted by Crippen LogP contribution is -2.54. The number of halogens is 2. The highest BCUT2D eigenvalue weighted by Crippen LogP contribution is 2.28. The predicted molar refractivity (Wildman–Crippen MR) is 103 cm³/mol. The number of carbonyl (C=O) groups is 1. The molecule has 0 spiro atoms. The van der Waals surface area contributed by atoms with Gasteiger partial charge in [-0.25, -0.2) is 0 Å². The standard InChI is InChI=1S/C18H28ClN3O.ClH/c1-13(14-5-7-15(19)8-6-14)21(4)17(23)11-22-10-9-16(20)18(2,3)12-22;/h5-8,13,16H,9-12,20H2,1-4H3;1H. The van der Waals surface area contributed by atoms with E-state index in [9.17, 15) is 4.79 Å². The van der Waals surface area contributed by atoms with Crippen LogP contribution in [0, 0.1) is 5.41 Å². The number of likely N-dealkylation sites (N-methyl/N-ethyl adjacent to an activating group) is 1. The van der Waals surface area contributed by atoms with Crippen molar-refractivity contribution in [3.05, 3.63) is 34.9 Å². The van der Waals surface area contributed by atoms with E-state index in [1.54, 1.807) is 0 Å². The third-order valence-electron chi connectivity index (χ3n) is 5.08. The van der Waals surface area contributed by atoms with Crippen LogP contribution in [0.2, 0.25) is 5.02 Å². The van der Waals surface area contributed by atoms with E-state index >= 15 is 0 Å². The molecule has 1 heterocycles. The van der Waals surface area contributed by atoms with Crippen molar-refractivity contribution in [2.24, 2.45) is 11.1 Å². The van der Waals surface area contributed by atoms with Gasteiger partial charge in [0.25, 0.3) is 0 Å². The highest BCUT2D eigenvalue weighted by molar-refractivity contribution is 6.30. The second-order valence-electron chi connectivity index (χ2n) is 7.33. The molecule has 0 aromatic heterocycles. The molecule has 0 bridgehead atoms. The molecule has 2 atom stereocenters. The van der Waals surface area contributed by atoms with E-state index in [0.29, 0.717) is 11.6 Å². The molecule has 2 rings (SSSR count). The Labute approximate surface area is 156 Å². The normalized spacial score (nSPS) is 21.7. The van der Waals surface area contributed by atoms with E-state index in [0.717, 1.165) is 25.1 Å². The quantitative estimate of drug-likeness (QED) is 0.880. The van der Waals surface area contributed by atoms with Gasteiger partial charge in [0.15, 0.2) is 0 Å². The molecule has 0 saturated carbocycles. The fourth-order valence-corrected chi connectivity index (χ4v) is 3.23. The third-order valence-corrected chi connectivity index (χ3v) is 5.33. The number of likely N-dealkylation sites (tertiary alicyclic amines) is 1. The molecule has 2 unspecified atom stereocenters. The first kappa shape index (κ1) is 21.2. The summed E-state index contributed by atoms with van der Waals surface area (Å²) in [6.07, 6.45) is 0.941. The Kier molecular flexibility index (Phi) is 7.54. The molecule has 4 nitrogen and oxygen atoms in total. The fraction of sp³-hybridized carbons (Fsp3) is 0.611. The minimum atomic E-state index is 0. The lowest BCUT2D eigenvalue weighted by atomic mass is 9.80. The van der Waals surface area contributed by atoms with Crippen LogP contribution >= 0.6 is 24.0 Å². The third kappa shape index (κ3) is 5.09. The van der Waals surface area contributed by atoms with Crippen LogP contribution < -0.4 is 5.73 Å². The van der Waals surface area contributed by atoms with Gasteiger partial charge in [-0.15, -0.1) is 12.4 Å². The number of amides is 1. The molecule has 1 aromatic carbocycles. The second-order valence-corrected chi connectivity index (χ2v) is 7.76. The Morgan fingerprint density at radius 2 is 2.00 bits per heavy atom. The molecule has 1 aliphatic rings. The SMILES string of the molecule is CC(c1ccc(Cl)cc1)N(C)C(=O)CN1CCC(N)C(C)(C)C1.Cl. The Balaban J connectivity index is 0.00000288. The monoisotopic (exact) mass is 373 g/mol. The molecular weight excluding hydrogens is 345 g/mol. The summed E-state index contributed by atoms with van der Waals surface area (Å²) < 4.78 is 0. The summed E-state index contributed by atoms with van der Waals surface area (Å²) in [5, 5.41) is 0.710. The van der Waals surface area contributed by atoms with Gasteiger partial charge in [-0.3, -0.25) is 9.69 Å². The molecule has 1 saturated heterocycles. The molecule has 2 N–H and O–H groups in total. The molecule has 0 aliphatic carbocycles. The molecule has 6 heteroatoms. The molecule has 1 aromatic rings. The zero-order valence-electron chi connectivity index (χ0n) is 15.0. The van der Waals surface area contributed by atoms with Crippen LogP contribution in [0.5, 0.6) is 0 Å². The summed E-state index contributed by atoms with van der Waals surface area (Å²) in [4.78, 5) is 16.6. The number of hydrogen-bond acceptors (Lipinski definition) is 3. The van der Waals surface area contributed by atoms with Crippen molar-refractivity contribution in [3.8, 4) is 0 Å². The largest absolute Gasteiger partial charge is 0.338 e. The molecule has 1 amide bonds. The Morgan fingerprint density at radius 3 is 2.54 bits per heavy atom. The van der Waals surface area contributed by atoms with Crippen LogP contribution in [0.25, 0.3) is 0 Å². The Morgan fingerprint density at radius 1 is 1.42 bits per heavy atom. The highest BCUT2D eigenvalue weighted by Gasteiger charge is 2.34. The van der Waals surface area contributed by atoms with E-state index in [2.05, 4.69) is 18.7 Å². The summed E-state index contributed by atoms with van der Waals surface area (Å²) in [6, 6.07) is 7.90. The molecule has 1 fully saturated rings. The van der Waals surface area contributed by atoms with Crippen molar-refractivity contribution in [2.45, 2.75) is 39.3 Å². The van der Waals surface area contributed by atoms with E-state index in [4.69, 9.17) is 17.3 Å².